The minimum Gasteiger partial charge on any atom is -0.460 e. The zero-order valence-corrected chi connectivity index (χ0v) is 13.0. The molecule has 0 N–H and O–H groups in total. The van der Waals surface area contributed by atoms with Crippen molar-refractivity contribution < 1.29 is 19.0 Å². The molecule has 1 fully saturated rings. The Labute approximate surface area is 122 Å². The first-order chi connectivity index (χ1) is 9.42. The summed E-state index contributed by atoms with van der Waals surface area (Å²) in [6.45, 7) is 10.6. The van der Waals surface area contributed by atoms with Crippen LogP contribution in [0.3, 0.4) is 0 Å². The molecule has 20 heavy (non-hydrogen) atoms. The van der Waals surface area contributed by atoms with Gasteiger partial charge >= 0.3 is 5.97 Å². The van der Waals surface area contributed by atoms with Crippen molar-refractivity contribution in [1.29, 1.82) is 0 Å². The fraction of sp³-hybridized carbons (Fsp3) is 0.812. The molecule has 0 unspecified atom stereocenters. The highest BCUT2D eigenvalue weighted by molar-refractivity contribution is 5.73. The van der Waals surface area contributed by atoms with Gasteiger partial charge in [0.1, 0.15) is 5.60 Å². The summed E-state index contributed by atoms with van der Waals surface area (Å²) < 4.78 is 16.6. The summed E-state index contributed by atoms with van der Waals surface area (Å²) in [6, 6.07) is 0. The van der Waals surface area contributed by atoms with E-state index in [2.05, 4.69) is 6.58 Å². The van der Waals surface area contributed by atoms with E-state index in [0.29, 0.717) is 19.4 Å². The summed E-state index contributed by atoms with van der Waals surface area (Å²) in [4.78, 5) is 12.1. The van der Waals surface area contributed by atoms with E-state index in [1.165, 1.54) is 0 Å². The second kappa shape index (κ2) is 8.42. The van der Waals surface area contributed by atoms with Crippen molar-refractivity contribution in [2.24, 2.45) is 5.92 Å². The second-order valence-electron chi connectivity index (χ2n) is 6.21. The number of carbonyl (C=O) groups excluding carboxylic acids is 1. The quantitative estimate of drug-likeness (QED) is 0.530. The summed E-state index contributed by atoms with van der Waals surface area (Å²) >= 11 is 0. The van der Waals surface area contributed by atoms with E-state index in [-0.39, 0.29) is 18.2 Å². The molecule has 0 radical (unpaired) electrons. The Morgan fingerprint density at radius 1 is 1.45 bits per heavy atom. The third-order valence-corrected chi connectivity index (χ3v) is 3.10. The minimum absolute atomic E-state index is 0.105. The van der Waals surface area contributed by atoms with Crippen LogP contribution in [-0.2, 0) is 19.0 Å². The number of allylic oxidation sites excluding steroid dienone is 1. The third-order valence-electron chi connectivity index (χ3n) is 3.10. The van der Waals surface area contributed by atoms with Crippen molar-refractivity contribution in [3.63, 3.8) is 0 Å². The number of carbonyl (C=O) groups is 1. The Hall–Kier alpha value is -0.870. The highest BCUT2D eigenvalue weighted by atomic mass is 16.7. The first-order valence-electron chi connectivity index (χ1n) is 7.49. The van der Waals surface area contributed by atoms with Gasteiger partial charge in [0.25, 0.3) is 0 Å². The SMILES string of the molecule is C=CC[C@H](CCO[C@@H]1CCCCO1)C(=O)OC(C)(C)C. The van der Waals surface area contributed by atoms with Gasteiger partial charge in [0.2, 0.25) is 0 Å². The topological polar surface area (TPSA) is 44.8 Å². The molecule has 0 saturated carbocycles. The zero-order chi connectivity index (χ0) is 15.0. The Balaban J connectivity index is 2.34. The number of ether oxygens (including phenoxy) is 3. The molecule has 0 amide bonds. The first kappa shape index (κ1) is 17.2. The van der Waals surface area contributed by atoms with Gasteiger partial charge in [-0.05, 0) is 52.9 Å². The number of rotatable bonds is 7. The molecule has 4 heteroatoms. The van der Waals surface area contributed by atoms with Gasteiger partial charge in [0.05, 0.1) is 12.5 Å². The molecule has 1 saturated heterocycles. The molecule has 1 aliphatic heterocycles. The highest BCUT2D eigenvalue weighted by Crippen LogP contribution is 2.19. The van der Waals surface area contributed by atoms with Crippen LogP contribution in [0.15, 0.2) is 12.7 Å². The van der Waals surface area contributed by atoms with Crippen molar-refractivity contribution in [3.05, 3.63) is 12.7 Å². The summed E-state index contributed by atoms with van der Waals surface area (Å²) in [5, 5.41) is 0. The lowest BCUT2D eigenvalue weighted by molar-refractivity contribution is -0.171. The van der Waals surface area contributed by atoms with Crippen molar-refractivity contribution in [1.82, 2.24) is 0 Å². The van der Waals surface area contributed by atoms with Gasteiger partial charge in [0.15, 0.2) is 6.29 Å². The average molecular weight is 284 g/mol. The van der Waals surface area contributed by atoms with Crippen molar-refractivity contribution in [2.75, 3.05) is 13.2 Å². The van der Waals surface area contributed by atoms with Crippen LogP contribution in [0.4, 0.5) is 0 Å². The molecule has 116 valence electrons. The third kappa shape index (κ3) is 7.06. The Morgan fingerprint density at radius 2 is 2.20 bits per heavy atom. The molecule has 1 heterocycles. The molecule has 1 aliphatic rings. The lowest BCUT2D eigenvalue weighted by Gasteiger charge is -2.25. The van der Waals surface area contributed by atoms with Gasteiger partial charge in [-0.2, -0.15) is 0 Å². The van der Waals surface area contributed by atoms with Gasteiger partial charge in [0, 0.05) is 6.61 Å². The highest BCUT2D eigenvalue weighted by Gasteiger charge is 2.24. The maximum atomic E-state index is 12.1. The maximum Gasteiger partial charge on any atom is 0.309 e. The largest absolute Gasteiger partial charge is 0.460 e. The van der Waals surface area contributed by atoms with Crippen LogP contribution in [-0.4, -0.2) is 31.1 Å². The van der Waals surface area contributed by atoms with E-state index in [0.717, 1.165) is 25.9 Å². The van der Waals surface area contributed by atoms with Gasteiger partial charge < -0.3 is 14.2 Å². The van der Waals surface area contributed by atoms with Gasteiger partial charge in [-0.1, -0.05) is 6.08 Å². The van der Waals surface area contributed by atoms with Crippen LogP contribution in [0.25, 0.3) is 0 Å². The van der Waals surface area contributed by atoms with Gasteiger partial charge in [-0.3, -0.25) is 4.79 Å². The zero-order valence-electron chi connectivity index (χ0n) is 13.0. The number of hydrogen-bond donors (Lipinski definition) is 0. The molecular formula is C16H28O4. The lowest BCUT2D eigenvalue weighted by atomic mass is 10.0. The fourth-order valence-corrected chi connectivity index (χ4v) is 2.10. The Bertz CT molecular complexity index is 300. The molecular weight excluding hydrogens is 256 g/mol. The predicted octanol–water partition coefficient (Wildman–Crippen LogP) is 3.45. The molecule has 0 aliphatic carbocycles. The molecule has 1 rings (SSSR count). The minimum atomic E-state index is -0.455. The van der Waals surface area contributed by atoms with Crippen LogP contribution >= 0.6 is 0 Å². The van der Waals surface area contributed by atoms with Crippen molar-refractivity contribution >= 4 is 5.97 Å². The molecule has 0 aromatic heterocycles. The first-order valence-corrected chi connectivity index (χ1v) is 7.49. The van der Waals surface area contributed by atoms with E-state index in [1.54, 1.807) is 6.08 Å². The van der Waals surface area contributed by atoms with E-state index in [1.807, 2.05) is 20.8 Å². The maximum absolute atomic E-state index is 12.1. The second-order valence-corrected chi connectivity index (χ2v) is 6.21. The fourth-order valence-electron chi connectivity index (χ4n) is 2.10. The number of esters is 1. The molecule has 0 aromatic carbocycles. The summed E-state index contributed by atoms with van der Waals surface area (Å²) in [6.07, 6.45) is 6.10. The molecule has 0 bridgehead atoms. The Kier molecular flexibility index (Phi) is 7.24. The molecule has 2 atom stereocenters. The molecule has 0 spiro atoms. The van der Waals surface area contributed by atoms with Crippen molar-refractivity contribution in [2.45, 2.75) is 64.8 Å². The van der Waals surface area contributed by atoms with Crippen LogP contribution in [0, 0.1) is 5.92 Å². The van der Waals surface area contributed by atoms with Gasteiger partial charge in [-0.25, -0.2) is 0 Å². The number of hydrogen-bond acceptors (Lipinski definition) is 4. The monoisotopic (exact) mass is 284 g/mol. The van der Waals surface area contributed by atoms with Crippen LogP contribution < -0.4 is 0 Å². The van der Waals surface area contributed by atoms with Crippen LogP contribution in [0.1, 0.15) is 52.9 Å². The van der Waals surface area contributed by atoms with E-state index in [9.17, 15) is 4.79 Å². The average Bonchev–Trinajstić information content (AvgIpc) is 2.37. The standard InChI is InChI=1S/C16H28O4/c1-5-8-13(15(17)20-16(2,3)4)10-12-19-14-9-6-7-11-18-14/h5,13-14H,1,6-12H2,2-4H3/t13-,14-/m1/s1. The van der Waals surface area contributed by atoms with E-state index >= 15 is 0 Å². The van der Waals surface area contributed by atoms with Crippen LogP contribution in [0.5, 0.6) is 0 Å². The van der Waals surface area contributed by atoms with Crippen LogP contribution in [0.2, 0.25) is 0 Å². The summed E-state index contributed by atoms with van der Waals surface area (Å²) in [5.74, 6) is -0.360. The smallest absolute Gasteiger partial charge is 0.309 e. The normalized spacial score (nSPS) is 21.2. The predicted molar refractivity (Wildman–Crippen MR) is 78.3 cm³/mol. The van der Waals surface area contributed by atoms with Gasteiger partial charge in [-0.15, -0.1) is 6.58 Å². The van der Waals surface area contributed by atoms with E-state index < -0.39 is 5.60 Å². The Morgan fingerprint density at radius 3 is 2.75 bits per heavy atom. The summed E-state index contributed by atoms with van der Waals surface area (Å²) in [5.41, 5.74) is -0.455. The molecule has 4 nitrogen and oxygen atoms in total. The van der Waals surface area contributed by atoms with E-state index in [4.69, 9.17) is 14.2 Å². The lowest BCUT2D eigenvalue weighted by Crippen LogP contribution is -2.30. The summed E-state index contributed by atoms with van der Waals surface area (Å²) in [7, 11) is 0. The molecule has 0 aromatic rings. The van der Waals surface area contributed by atoms with Crippen molar-refractivity contribution in [3.8, 4) is 0 Å².